The van der Waals surface area contributed by atoms with Crippen molar-refractivity contribution in [3.63, 3.8) is 0 Å². The molecule has 6 nitrogen and oxygen atoms in total. The third kappa shape index (κ3) is 3.02. The molecule has 0 unspecified atom stereocenters. The number of likely N-dealkylation sites (N-methyl/N-ethyl adjacent to an activating group) is 1. The van der Waals surface area contributed by atoms with Gasteiger partial charge in [-0.15, -0.1) is 0 Å². The van der Waals surface area contributed by atoms with Crippen LogP contribution in [0.1, 0.15) is 5.56 Å². The van der Waals surface area contributed by atoms with E-state index in [0.717, 1.165) is 0 Å². The van der Waals surface area contributed by atoms with Gasteiger partial charge in [-0.05, 0) is 24.3 Å². The molecule has 1 fully saturated rings. The van der Waals surface area contributed by atoms with E-state index < -0.39 is 6.10 Å². The molecule has 19 heavy (non-hydrogen) atoms. The number of hydrogen-bond donors (Lipinski definition) is 3. The number of benzene rings is 1. The lowest BCUT2D eigenvalue weighted by atomic mass is 10.2. The fourth-order valence-corrected chi connectivity index (χ4v) is 2.04. The molecule has 0 spiro atoms. The van der Waals surface area contributed by atoms with Crippen LogP contribution in [-0.4, -0.2) is 48.3 Å². The number of β-amino-alcohol motifs (C(OH)–C–C–N with tert-alkyl or cyclic N) is 1. The van der Waals surface area contributed by atoms with Crippen LogP contribution in [0.4, 0.5) is 10.5 Å². The molecule has 2 atom stereocenters. The van der Waals surface area contributed by atoms with Crippen LogP contribution in [-0.2, 0) is 0 Å². The van der Waals surface area contributed by atoms with E-state index in [9.17, 15) is 9.90 Å². The first-order chi connectivity index (χ1) is 9.11. The first-order valence-electron chi connectivity index (χ1n) is 6.04. The highest BCUT2D eigenvalue weighted by Crippen LogP contribution is 2.12. The zero-order chi connectivity index (χ0) is 13.8. The van der Waals surface area contributed by atoms with Crippen LogP contribution >= 0.6 is 0 Å². The summed E-state index contributed by atoms with van der Waals surface area (Å²) in [6, 6.07) is 8.14. The molecule has 6 heteroatoms. The SMILES string of the molecule is CN(C(=O)Nc1ccc(C#N)cc1)[C@H]1CNC[C@@H]1O. The summed E-state index contributed by atoms with van der Waals surface area (Å²) in [4.78, 5) is 13.5. The number of aliphatic hydroxyl groups excluding tert-OH is 1. The minimum absolute atomic E-state index is 0.224. The maximum atomic E-state index is 12.0. The van der Waals surface area contributed by atoms with Gasteiger partial charge in [-0.25, -0.2) is 4.79 Å². The largest absolute Gasteiger partial charge is 0.390 e. The van der Waals surface area contributed by atoms with Gasteiger partial charge in [0.2, 0.25) is 0 Å². The molecule has 1 aromatic carbocycles. The van der Waals surface area contributed by atoms with Crippen molar-refractivity contribution < 1.29 is 9.90 Å². The topological polar surface area (TPSA) is 88.4 Å². The molecule has 100 valence electrons. The average molecular weight is 260 g/mol. The van der Waals surface area contributed by atoms with Crippen LogP contribution in [0.15, 0.2) is 24.3 Å². The standard InChI is InChI=1S/C13H16N4O2/c1-17(11-7-15-8-12(11)18)13(19)16-10-4-2-9(6-14)3-5-10/h2-5,11-12,15,18H,7-8H2,1H3,(H,16,19)/t11-,12-/m0/s1. The summed E-state index contributed by atoms with van der Waals surface area (Å²) < 4.78 is 0. The Morgan fingerprint density at radius 3 is 2.68 bits per heavy atom. The number of nitriles is 1. The molecule has 0 aromatic heterocycles. The van der Waals surface area contributed by atoms with E-state index >= 15 is 0 Å². The van der Waals surface area contributed by atoms with Crippen molar-refractivity contribution in [2.75, 3.05) is 25.5 Å². The van der Waals surface area contributed by atoms with Gasteiger partial charge in [-0.1, -0.05) is 0 Å². The molecule has 2 rings (SSSR count). The van der Waals surface area contributed by atoms with Crippen LogP contribution in [0, 0.1) is 11.3 Å². The fraction of sp³-hybridized carbons (Fsp3) is 0.385. The molecule has 3 N–H and O–H groups in total. The zero-order valence-corrected chi connectivity index (χ0v) is 10.6. The molecule has 0 saturated carbocycles. The number of rotatable bonds is 2. The highest BCUT2D eigenvalue weighted by Gasteiger charge is 2.31. The van der Waals surface area contributed by atoms with Crippen LogP contribution < -0.4 is 10.6 Å². The number of urea groups is 1. The van der Waals surface area contributed by atoms with Crippen molar-refractivity contribution in [3.8, 4) is 6.07 Å². The van der Waals surface area contributed by atoms with Crippen molar-refractivity contribution in [2.24, 2.45) is 0 Å². The minimum Gasteiger partial charge on any atom is -0.390 e. The molecule has 1 saturated heterocycles. The Balaban J connectivity index is 1.98. The number of nitrogens with zero attached hydrogens (tertiary/aromatic N) is 2. The molecule has 1 aliphatic heterocycles. The Bertz CT molecular complexity index is 494. The van der Waals surface area contributed by atoms with E-state index in [4.69, 9.17) is 5.26 Å². The predicted molar refractivity (Wildman–Crippen MR) is 70.6 cm³/mol. The summed E-state index contributed by atoms with van der Waals surface area (Å²) in [5.41, 5.74) is 1.16. The molecule has 1 heterocycles. The Hall–Kier alpha value is -2.10. The van der Waals surface area contributed by atoms with Crippen molar-refractivity contribution >= 4 is 11.7 Å². The number of hydrogen-bond acceptors (Lipinski definition) is 4. The molecular formula is C13H16N4O2. The lowest BCUT2D eigenvalue weighted by Gasteiger charge is -2.26. The van der Waals surface area contributed by atoms with Crippen molar-refractivity contribution in [1.29, 1.82) is 5.26 Å². The average Bonchev–Trinajstić information content (AvgIpc) is 2.85. The van der Waals surface area contributed by atoms with Crippen LogP contribution in [0.2, 0.25) is 0 Å². The summed E-state index contributed by atoms with van der Waals surface area (Å²) in [7, 11) is 1.65. The summed E-state index contributed by atoms with van der Waals surface area (Å²) in [5.74, 6) is 0. The second-order valence-corrected chi connectivity index (χ2v) is 4.52. The molecule has 0 radical (unpaired) electrons. The van der Waals surface area contributed by atoms with Gasteiger partial charge in [0.15, 0.2) is 0 Å². The Morgan fingerprint density at radius 1 is 1.47 bits per heavy atom. The van der Waals surface area contributed by atoms with Crippen molar-refractivity contribution in [1.82, 2.24) is 10.2 Å². The zero-order valence-electron chi connectivity index (χ0n) is 10.6. The third-order valence-corrected chi connectivity index (χ3v) is 3.23. The summed E-state index contributed by atoms with van der Waals surface area (Å²) in [5, 5.41) is 24.2. The Kier molecular flexibility index (Phi) is 4.00. The molecule has 0 bridgehead atoms. The van der Waals surface area contributed by atoms with Crippen LogP contribution in [0.25, 0.3) is 0 Å². The maximum absolute atomic E-state index is 12.0. The smallest absolute Gasteiger partial charge is 0.321 e. The predicted octanol–water partition coefficient (Wildman–Crippen LogP) is 0.355. The van der Waals surface area contributed by atoms with E-state index in [0.29, 0.717) is 24.3 Å². The monoisotopic (exact) mass is 260 g/mol. The normalized spacial score (nSPS) is 21.7. The lowest BCUT2D eigenvalue weighted by molar-refractivity contribution is 0.115. The van der Waals surface area contributed by atoms with Gasteiger partial charge in [0.05, 0.1) is 23.8 Å². The second-order valence-electron chi connectivity index (χ2n) is 4.52. The number of anilines is 1. The Labute approximate surface area is 111 Å². The number of carbonyl (C=O) groups excluding carboxylic acids is 1. The van der Waals surface area contributed by atoms with E-state index in [1.165, 1.54) is 4.90 Å². The highest BCUT2D eigenvalue weighted by atomic mass is 16.3. The van der Waals surface area contributed by atoms with Crippen LogP contribution in [0.3, 0.4) is 0 Å². The van der Waals surface area contributed by atoms with Gasteiger partial charge in [-0.2, -0.15) is 5.26 Å². The Morgan fingerprint density at radius 2 is 2.16 bits per heavy atom. The van der Waals surface area contributed by atoms with E-state index in [-0.39, 0.29) is 12.1 Å². The van der Waals surface area contributed by atoms with Gasteiger partial charge in [0.1, 0.15) is 0 Å². The number of nitrogens with one attached hydrogen (secondary N) is 2. The molecule has 1 aliphatic rings. The second kappa shape index (κ2) is 5.69. The van der Waals surface area contributed by atoms with Gasteiger partial charge in [-0.3, -0.25) is 0 Å². The highest BCUT2D eigenvalue weighted by molar-refractivity contribution is 5.89. The minimum atomic E-state index is -0.545. The van der Waals surface area contributed by atoms with Crippen molar-refractivity contribution in [2.45, 2.75) is 12.1 Å². The van der Waals surface area contributed by atoms with E-state index in [2.05, 4.69) is 10.6 Å². The quantitative estimate of drug-likeness (QED) is 0.716. The molecule has 0 aliphatic carbocycles. The summed E-state index contributed by atoms with van der Waals surface area (Å²) in [6.45, 7) is 1.08. The van der Waals surface area contributed by atoms with Crippen molar-refractivity contribution in [3.05, 3.63) is 29.8 Å². The van der Waals surface area contributed by atoms with Gasteiger partial charge in [0.25, 0.3) is 0 Å². The molecule has 2 amide bonds. The van der Waals surface area contributed by atoms with E-state index in [1.54, 1.807) is 31.3 Å². The first kappa shape index (κ1) is 13.3. The van der Waals surface area contributed by atoms with Crippen LogP contribution in [0.5, 0.6) is 0 Å². The third-order valence-electron chi connectivity index (χ3n) is 3.23. The molecule has 1 aromatic rings. The fourth-order valence-electron chi connectivity index (χ4n) is 2.04. The van der Waals surface area contributed by atoms with E-state index in [1.807, 2.05) is 6.07 Å². The van der Waals surface area contributed by atoms with Gasteiger partial charge < -0.3 is 20.6 Å². The first-order valence-corrected chi connectivity index (χ1v) is 6.04. The van der Waals surface area contributed by atoms with Gasteiger partial charge >= 0.3 is 6.03 Å². The van der Waals surface area contributed by atoms with Gasteiger partial charge in [0, 0.05) is 25.8 Å². The number of amides is 2. The summed E-state index contributed by atoms with van der Waals surface area (Å²) >= 11 is 0. The number of aliphatic hydroxyl groups is 1. The summed E-state index contributed by atoms with van der Waals surface area (Å²) in [6.07, 6.45) is -0.545. The number of carbonyl (C=O) groups is 1. The maximum Gasteiger partial charge on any atom is 0.321 e. The lowest BCUT2D eigenvalue weighted by Crippen LogP contribution is -2.46. The molecular weight excluding hydrogens is 244 g/mol.